The molecule has 1 aliphatic heterocycles. The zero-order valence-corrected chi connectivity index (χ0v) is 9.79. The molecule has 0 saturated heterocycles. The van der Waals surface area contributed by atoms with Gasteiger partial charge >= 0.3 is 0 Å². The van der Waals surface area contributed by atoms with E-state index in [1.807, 2.05) is 0 Å². The lowest BCUT2D eigenvalue weighted by molar-refractivity contribution is 0.219. The highest BCUT2D eigenvalue weighted by atomic mass is 35.5. The van der Waals surface area contributed by atoms with Crippen LogP contribution in [-0.4, -0.2) is 36.0 Å². The van der Waals surface area contributed by atoms with Crippen molar-refractivity contribution in [2.24, 2.45) is 11.1 Å². The van der Waals surface area contributed by atoms with Crippen molar-refractivity contribution in [2.45, 2.75) is 26.3 Å². The predicted molar refractivity (Wildman–Crippen MR) is 61.5 cm³/mol. The largest absolute Gasteiger partial charge is 0.411 e. The first-order valence-electron chi connectivity index (χ1n) is 4.74. The van der Waals surface area contributed by atoms with Gasteiger partial charge in [0.15, 0.2) is 0 Å². The summed E-state index contributed by atoms with van der Waals surface area (Å²) in [7, 11) is 2.11. The van der Waals surface area contributed by atoms with E-state index in [2.05, 4.69) is 37.0 Å². The highest BCUT2D eigenvalue weighted by molar-refractivity contribution is 5.85. The molecule has 0 amide bonds. The van der Waals surface area contributed by atoms with E-state index in [0.717, 1.165) is 18.5 Å². The Balaban J connectivity index is 0.00000169. The minimum atomic E-state index is 0. The molecule has 0 bridgehead atoms. The lowest BCUT2D eigenvalue weighted by Crippen LogP contribution is -2.40. The van der Waals surface area contributed by atoms with Crippen LogP contribution in [0.3, 0.4) is 0 Å². The maximum absolute atomic E-state index is 8.51. The minimum Gasteiger partial charge on any atom is -0.411 e. The molecule has 0 aromatic carbocycles. The standard InChI is InChI=1S/C10H18N2O.ClH/c1-8(2)10-9(7-11-13)5-4-6-12(10)3;/h5,7-8,10,13H,4,6H2,1-3H3;1H. The maximum atomic E-state index is 8.51. The van der Waals surface area contributed by atoms with Crippen molar-refractivity contribution in [3.05, 3.63) is 11.6 Å². The lowest BCUT2D eigenvalue weighted by Gasteiger charge is -2.34. The molecule has 0 spiro atoms. The first kappa shape index (κ1) is 13.5. The molecule has 0 aliphatic carbocycles. The Kier molecular flexibility index (Phi) is 5.81. The minimum absolute atomic E-state index is 0. The summed E-state index contributed by atoms with van der Waals surface area (Å²) in [4.78, 5) is 2.31. The average molecular weight is 219 g/mol. The van der Waals surface area contributed by atoms with Gasteiger partial charge in [0.25, 0.3) is 0 Å². The molecule has 14 heavy (non-hydrogen) atoms. The van der Waals surface area contributed by atoms with E-state index in [4.69, 9.17) is 5.21 Å². The summed E-state index contributed by atoms with van der Waals surface area (Å²) >= 11 is 0. The number of rotatable bonds is 2. The molecule has 1 rings (SSSR count). The fourth-order valence-electron chi connectivity index (χ4n) is 2.04. The highest BCUT2D eigenvalue weighted by Gasteiger charge is 2.24. The molecule has 0 aromatic rings. The highest BCUT2D eigenvalue weighted by Crippen LogP contribution is 2.21. The molecule has 0 aromatic heterocycles. The van der Waals surface area contributed by atoms with E-state index in [-0.39, 0.29) is 12.4 Å². The quantitative estimate of drug-likeness (QED) is 0.438. The summed E-state index contributed by atoms with van der Waals surface area (Å²) < 4.78 is 0. The van der Waals surface area contributed by atoms with Gasteiger partial charge in [0, 0.05) is 12.6 Å². The fraction of sp³-hybridized carbons (Fsp3) is 0.700. The van der Waals surface area contributed by atoms with Crippen LogP contribution in [0.15, 0.2) is 16.8 Å². The van der Waals surface area contributed by atoms with Gasteiger partial charge in [-0.2, -0.15) is 0 Å². The molecule has 82 valence electrons. The SMILES string of the molecule is CC(C)C1C(C=NO)=CCCN1C.Cl. The Labute approximate surface area is 91.9 Å². The summed E-state index contributed by atoms with van der Waals surface area (Å²) in [6.07, 6.45) is 4.76. The molecule has 1 aliphatic rings. The van der Waals surface area contributed by atoms with E-state index >= 15 is 0 Å². The Morgan fingerprint density at radius 1 is 1.64 bits per heavy atom. The number of halogens is 1. The van der Waals surface area contributed by atoms with Crippen LogP contribution >= 0.6 is 12.4 Å². The van der Waals surface area contributed by atoms with Gasteiger partial charge in [-0.05, 0) is 25.0 Å². The molecule has 1 N–H and O–H groups in total. The number of nitrogens with zero attached hydrogens (tertiary/aromatic N) is 2. The summed E-state index contributed by atoms with van der Waals surface area (Å²) in [5.41, 5.74) is 1.13. The van der Waals surface area contributed by atoms with Gasteiger partial charge < -0.3 is 5.21 Å². The number of hydrogen-bond acceptors (Lipinski definition) is 3. The Morgan fingerprint density at radius 3 is 2.79 bits per heavy atom. The Bertz CT molecular complexity index is 226. The van der Waals surface area contributed by atoms with Gasteiger partial charge in [-0.3, -0.25) is 4.90 Å². The summed E-state index contributed by atoms with van der Waals surface area (Å²) in [5.74, 6) is 0.551. The van der Waals surface area contributed by atoms with Crippen LogP contribution in [0.25, 0.3) is 0 Å². The van der Waals surface area contributed by atoms with Crippen molar-refractivity contribution in [1.82, 2.24) is 4.90 Å². The summed E-state index contributed by atoms with van der Waals surface area (Å²) in [6, 6.07) is 0.393. The van der Waals surface area contributed by atoms with Crippen molar-refractivity contribution in [2.75, 3.05) is 13.6 Å². The first-order valence-corrected chi connectivity index (χ1v) is 4.74. The second-order valence-electron chi connectivity index (χ2n) is 3.91. The van der Waals surface area contributed by atoms with Crippen molar-refractivity contribution in [3.63, 3.8) is 0 Å². The summed E-state index contributed by atoms with van der Waals surface area (Å²) in [6.45, 7) is 5.46. The van der Waals surface area contributed by atoms with Crippen LogP contribution in [0, 0.1) is 5.92 Å². The normalized spacial score (nSPS) is 23.7. The lowest BCUT2D eigenvalue weighted by atomic mass is 9.92. The van der Waals surface area contributed by atoms with Gasteiger partial charge in [0.2, 0.25) is 0 Å². The van der Waals surface area contributed by atoms with Crippen LogP contribution < -0.4 is 0 Å². The van der Waals surface area contributed by atoms with Crippen LogP contribution in [0.4, 0.5) is 0 Å². The Hall–Kier alpha value is -0.540. The third kappa shape index (κ3) is 3.00. The van der Waals surface area contributed by atoms with Crippen molar-refractivity contribution >= 4 is 18.6 Å². The van der Waals surface area contributed by atoms with Crippen LogP contribution in [0.2, 0.25) is 0 Å². The van der Waals surface area contributed by atoms with Gasteiger partial charge in [-0.15, -0.1) is 12.4 Å². The average Bonchev–Trinajstić information content (AvgIpc) is 2.04. The van der Waals surface area contributed by atoms with Crippen molar-refractivity contribution in [1.29, 1.82) is 0 Å². The molecule has 1 heterocycles. The molecule has 4 heteroatoms. The van der Waals surface area contributed by atoms with E-state index in [0.29, 0.717) is 12.0 Å². The van der Waals surface area contributed by atoms with Gasteiger partial charge in [0.05, 0.1) is 6.21 Å². The topological polar surface area (TPSA) is 35.8 Å². The van der Waals surface area contributed by atoms with Crippen LogP contribution in [0.5, 0.6) is 0 Å². The van der Waals surface area contributed by atoms with Crippen LogP contribution in [0.1, 0.15) is 20.3 Å². The molecule has 1 unspecified atom stereocenters. The number of hydrogen-bond donors (Lipinski definition) is 1. The molecule has 0 fully saturated rings. The third-order valence-electron chi connectivity index (χ3n) is 2.52. The zero-order chi connectivity index (χ0) is 9.84. The number of oxime groups is 1. The molecule has 0 radical (unpaired) electrons. The zero-order valence-electron chi connectivity index (χ0n) is 8.97. The second-order valence-corrected chi connectivity index (χ2v) is 3.91. The Morgan fingerprint density at radius 2 is 2.29 bits per heavy atom. The van der Waals surface area contributed by atoms with Gasteiger partial charge in [-0.1, -0.05) is 25.1 Å². The fourth-order valence-corrected chi connectivity index (χ4v) is 2.04. The molecule has 0 saturated carbocycles. The monoisotopic (exact) mass is 218 g/mol. The van der Waals surface area contributed by atoms with E-state index in [9.17, 15) is 0 Å². The van der Waals surface area contributed by atoms with Gasteiger partial charge in [0.1, 0.15) is 0 Å². The van der Waals surface area contributed by atoms with E-state index in [1.54, 1.807) is 6.21 Å². The third-order valence-corrected chi connectivity index (χ3v) is 2.52. The van der Waals surface area contributed by atoms with Gasteiger partial charge in [-0.25, -0.2) is 0 Å². The maximum Gasteiger partial charge on any atom is 0.0706 e. The summed E-state index contributed by atoms with van der Waals surface area (Å²) in [5, 5.41) is 11.6. The van der Waals surface area contributed by atoms with Crippen molar-refractivity contribution in [3.8, 4) is 0 Å². The van der Waals surface area contributed by atoms with E-state index in [1.165, 1.54) is 0 Å². The van der Waals surface area contributed by atoms with Crippen molar-refractivity contribution < 1.29 is 5.21 Å². The molecule has 3 nitrogen and oxygen atoms in total. The second kappa shape index (κ2) is 6.04. The van der Waals surface area contributed by atoms with E-state index < -0.39 is 0 Å². The first-order chi connectivity index (χ1) is 6.16. The number of likely N-dealkylation sites (N-methyl/N-ethyl adjacent to an activating group) is 1. The molecule has 1 atom stereocenters. The smallest absolute Gasteiger partial charge is 0.0706 e. The molecular weight excluding hydrogens is 200 g/mol. The predicted octanol–water partition coefficient (Wildman–Crippen LogP) is 2.15. The van der Waals surface area contributed by atoms with Crippen LogP contribution in [-0.2, 0) is 0 Å². The molecular formula is C10H19ClN2O.